The number of ether oxygens (including phenoxy) is 1. The van der Waals surface area contributed by atoms with E-state index in [2.05, 4.69) is 56.8 Å². The smallest absolute Gasteiger partial charge is 0.407 e. The summed E-state index contributed by atoms with van der Waals surface area (Å²) < 4.78 is 4.86. The molecule has 4 N–H and O–H groups in total. The van der Waals surface area contributed by atoms with Crippen LogP contribution < -0.4 is 10.6 Å². The van der Waals surface area contributed by atoms with Crippen LogP contribution in [0.3, 0.4) is 0 Å². The Labute approximate surface area is 376 Å². The first kappa shape index (κ1) is 43.5. The molecule has 4 aromatic rings. The number of benzene rings is 2. The Morgan fingerprint density at radius 1 is 0.719 bits per heavy atom. The van der Waals surface area contributed by atoms with Crippen molar-refractivity contribution in [2.75, 3.05) is 53.4 Å². The van der Waals surface area contributed by atoms with Crippen LogP contribution in [0.4, 0.5) is 9.59 Å². The van der Waals surface area contributed by atoms with Gasteiger partial charge < -0.3 is 44.9 Å². The molecule has 2 aromatic heterocycles. The van der Waals surface area contributed by atoms with Gasteiger partial charge in [0, 0.05) is 56.6 Å². The molecule has 64 heavy (non-hydrogen) atoms. The Morgan fingerprint density at radius 3 is 1.94 bits per heavy atom. The predicted molar refractivity (Wildman–Crippen MR) is 242 cm³/mol. The Bertz CT molecular complexity index is 2280. The van der Waals surface area contributed by atoms with Crippen molar-refractivity contribution in [2.45, 2.75) is 113 Å². The highest BCUT2D eigenvalue weighted by Gasteiger charge is 2.51. The quantitative estimate of drug-likeness (QED) is 0.128. The Morgan fingerprint density at radius 2 is 1.31 bits per heavy atom. The number of hydrogen-bond acceptors (Lipinski definition) is 8. The number of hydrogen-bond donors (Lipinski definition) is 4. The van der Waals surface area contributed by atoms with E-state index in [0.29, 0.717) is 31.7 Å². The number of likely N-dealkylation sites (N-methyl/N-ethyl adjacent to an activating group) is 1. The number of piperazine rings is 1. The van der Waals surface area contributed by atoms with Gasteiger partial charge in [0.15, 0.2) is 0 Å². The van der Waals surface area contributed by atoms with Crippen LogP contribution >= 0.6 is 0 Å². The lowest BCUT2D eigenvalue weighted by molar-refractivity contribution is -0.135. The number of nitrogens with zero attached hydrogens (tertiary/aromatic N) is 6. The molecule has 2 aromatic carbocycles. The summed E-state index contributed by atoms with van der Waals surface area (Å²) in [6, 6.07) is 16.3. The molecular formula is C49H64N10O5. The molecule has 3 aliphatic carbocycles. The molecule has 340 valence electrons. The molecule has 15 heteroatoms. The number of rotatable bonds is 11. The lowest BCUT2D eigenvalue weighted by Crippen LogP contribution is -2.57. The summed E-state index contributed by atoms with van der Waals surface area (Å²) in [5.74, 6) is 1.35. The van der Waals surface area contributed by atoms with E-state index in [9.17, 15) is 19.2 Å². The number of alkyl carbamates (subject to hydrolysis) is 1. The topological polar surface area (TPSA) is 172 Å². The number of methoxy groups -OCH3 is 1. The van der Waals surface area contributed by atoms with Crippen molar-refractivity contribution in [3.05, 3.63) is 95.5 Å². The second kappa shape index (κ2) is 18.1. The van der Waals surface area contributed by atoms with E-state index in [1.165, 1.54) is 18.4 Å². The highest BCUT2D eigenvalue weighted by molar-refractivity contribution is 5.88. The number of H-pyrrole nitrogens is 2. The van der Waals surface area contributed by atoms with Gasteiger partial charge >= 0.3 is 12.1 Å². The third-order valence-electron chi connectivity index (χ3n) is 15.3. The summed E-state index contributed by atoms with van der Waals surface area (Å²) >= 11 is 0. The zero-order valence-corrected chi connectivity index (χ0v) is 37.8. The lowest BCUT2D eigenvalue weighted by Gasteiger charge is -2.53. The van der Waals surface area contributed by atoms with Crippen molar-refractivity contribution in [1.29, 1.82) is 0 Å². The average molecular weight is 873 g/mol. The molecule has 10 rings (SSSR count). The standard InChI is InChI=1S/C49H64N10O5/c1-32(2)40(54-46(62)57-28-26-56(3)27-29-57)44(60)58-24-9-13-38(58)43-51-31-39(53-43)49-21-18-48(19-22-49,20-23-49)35-16-14-33(15-17-35)36-30-50-42(52-36)37-12-8-25-59(37)45(61)41(55-47(63)64-4)34-10-6-5-7-11-34/h5-7,10-11,14-17,30-32,37-38,40-41H,8-9,12-13,18-29H2,1-4H3,(H,50,52)(H,51,53)(H,54,62)(H,55,63). The van der Waals surface area contributed by atoms with Crippen LogP contribution in [0.15, 0.2) is 67.0 Å². The highest BCUT2D eigenvalue weighted by atomic mass is 16.5. The SMILES string of the molecule is COC(=O)NC(C(=O)N1CCCC1c1ncc(-c2ccc(C34CCC(c5cnc(C6CCCN6C(=O)C(NC(=O)N6CCN(C)CC6)C(C)C)[nH]5)(CC3)CC4)cc2)[nH]1)c1ccccc1. The molecule has 6 fully saturated rings. The van der Waals surface area contributed by atoms with E-state index in [1.54, 1.807) is 0 Å². The van der Waals surface area contributed by atoms with E-state index in [-0.39, 0.29) is 46.7 Å². The first-order valence-corrected chi connectivity index (χ1v) is 23.4. The number of likely N-dealkylation sites (tertiary alicyclic amines) is 2. The molecular weight excluding hydrogens is 809 g/mol. The summed E-state index contributed by atoms with van der Waals surface area (Å²) in [5, 5.41) is 5.84. The molecule has 4 atom stereocenters. The van der Waals surface area contributed by atoms with Crippen molar-refractivity contribution < 1.29 is 23.9 Å². The minimum atomic E-state index is -0.866. The van der Waals surface area contributed by atoms with Crippen LogP contribution in [0, 0.1) is 5.92 Å². The fraction of sp³-hybridized carbons (Fsp3) is 0.551. The number of aromatic nitrogens is 4. The number of fused-ring (bicyclic) bond motifs is 3. The van der Waals surface area contributed by atoms with Crippen molar-refractivity contribution >= 4 is 23.9 Å². The molecule has 3 saturated carbocycles. The maximum Gasteiger partial charge on any atom is 0.407 e. The van der Waals surface area contributed by atoms with Gasteiger partial charge in [-0.2, -0.15) is 0 Å². The van der Waals surface area contributed by atoms with Gasteiger partial charge in [-0.1, -0.05) is 68.4 Å². The van der Waals surface area contributed by atoms with Gasteiger partial charge in [0.25, 0.3) is 5.91 Å². The predicted octanol–water partition coefficient (Wildman–Crippen LogP) is 6.75. The van der Waals surface area contributed by atoms with Gasteiger partial charge in [0.1, 0.15) is 23.7 Å². The molecule has 6 aliphatic rings. The van der Waals surface area contributed by atoms with Crippen molar-refractivity contribution in [1.82, 2.24) is 50.2 Å². The molecule has 4 unspecified atom stereocenters. The maximum atomic E-state index is 14.1. The van der Waals surface area contributed by atoms with Gasteiger partial charge in [-0.3, -0.25) is 9.59 Å². The fourth-order valence-electron chi connectivity index (χ4n) is 11.3. The van der Waals surface area contributed by atoms with Crippen LogP contribution in [0.2, 0.25) is 0 Å². The second-order valence-electron chi connectivity index (χ2n) is 19.3. The van der Waals surface area contributed by atoms with Crippen LogP contribution in [0.25, 0.3) is 11.3 Å². The number of nitrogens with one attached hydrogen (secondary N) is 4. The zero-order chi connectivity index (χ0) is 44.6. The molecule has 0 radical (unpaired) electrons. The normalized spacial score (nSPS) is 25.7. The first-order chi connectivity index (χ1) is 31.0. The number of carbonyl (C=O) groups excluding carboxylic acids is 4. The molecule has 15 nitrogen and oxygen atoms in total. The number of imidazole rings is 2. The van der Waals surface area contributed by atoms with Gasteiger partial charge in [-0.25, -0.2) is 19.6 Å². The van der Waals surface area contributed by atoms with Crippen LogP contribution in [0.5, 0.6) is 0 Å². The summed E-state index contributed by atoms with van der Waals surface area (Å²) in [7, 11) is 3.36. The van der Waals surface area contributed by atoms with E-state index >= 15 is 0 Å². The van der Waals surface area contributed by atoms with E-state index in [4.69, 9.17) is 14.7 Å². The molecule has 3 saturated heterocycles. The van der Waals surface area contributed by atoms with Crippen LogP contribution in [-0.2, 0) is 25.2 Å². The first-order valence-electron chi connectivity index (χ1n) is 23.4. The summed E-state index contributed by atoms with van der Waals surface area (Å²) in [4.78, 5) is 78.5. The number of amides is 5. The zero-order valence-electron chi connectivity index (χ0n) is 37.8. The van der Waals surface area contributed by atoms with Gasteiger partial charge in [-0.05, 0) is 99.3 Å². The minimum absolute atomic E-state index is 0.0220. The average Bonchev–Trinajstić information content (AvgIpc) is 4.18. The van der Waals surface area contributed by atoms with Crippen LogP contribution in [-0.4, -0.2) is 123 Å². The Hall–Kier alpha value is -5.70. The van der Waals surface area contributed by atoms with Crippen molar-refractivity contribution in [2.24, 2.45) is 5.92 Å². The van der Waals surface area contributed by atoms with Crippen LogP contribution in [0.1, 0.15) is 125 Å². The molecule has 5 heterocycles. The Balaban J connectivity index is 0.831. The molecule has 0 spiro atoms. The Kier molecular flexibility index (Phi) is 12.3. The lowest BCUT2D eigenvalue weighted by atomic mass is 9.51. The van der Waals surface area contributed by atoms with Gasteiger partial charge in [0.05, 0.1) is 31.1 Å². The largest absolute Gasteiger partial charge is 0.453 e. The third-order valence-corrected chi connectivity index (χ3v) is 15.3. The minimum Gasteiger partial charge on any atom is -0.453 e. The monoisotopic (exact) mass is 873 g/mol. The molecule has 2 bridgehead atoms. The number of urea groups is 1. The third kappa shape index (κ3) is 8.38. The summed E-state index contributed by atoms with van der Waals surface area (Å²) in [6.45, 7) is 8.23. The van der Waals surface area contributed by atoms with Gasteiger partial charge in [-0.15, -0.1) is 0 Å². The van der Waals surface area contributed by atoms with E-state index < -0.39 is 18.2 Å². The van der Waals surface area contributed by atoms with Crippen molar-refractivity contribution in [3.63, 3.8) is 0 Å². The molecule has 3 aliphatic heterocycles. The maximum absolute atomic E-state index is 14.1. The number of aromatic amines is 2. The summed E-state index contributed by atoms with van der Waals surface area (Å²) in [5.41, 5.74) is 5.41. The highest BCUT2D eigenvalue weighted by Crippen LogP contribution is 2.58. The van der Waals surface area contributed by atoms with E-state index in [1.807, 2.05) is 71.3 Å². The van der Waals surface area contributed by atoms with Gasteiger partial charge in [0.2, 0.25) is 5.91 Å². The van der Waals surface area contributed by atoms with Crippen molar-refractivity contribution in [3.8, 4) is 11.3 Å². The summed E-state index contributed by atoms with van der Waals surface area (Å²) in [6.07, 6.45) is 13.2. The second-order valence-corrected chi connectivity index (χ2v) is 19.3. The van der Waals surface area contributed by atoms with E-state index in [0.717, 1.165) is 100 Å². The fourth-order valence-corrected chi connectivity index (χ4v) is 11.3. The number of carbonyl (C=O) groups is 4. The molecule has 5 amide bonds.